The maximum atomic E-state index is 11.8. The lowest BCUT2D eigenvalue weighted by molar-refractivity contribution is -0.144. The Morgan fingerprint density at radius 1 is 1.29 bits per heavy atom. The van der Waals surface area contributed by atoms with Crippen LogP contribution in [0.3, 0.4) is 0 Å². The standard InChI is InChI=1S/C20H32O3Si/c1-8-22-19(21)18-12-17(18)15-9-10-16(14(2)11-15)13-23-24(6,7)20(3,4)5/h9-11,17-18H,8,12-13H2,1-7H3. The monoisotopic (exact) mass is 348 g/mol. The molecule has 2 rings (SSSR count). The van der Waals surface area contributed by atoms with Gasteiger partial charge in [-0.2, -0.15) is 0 Å². The molecule has 1 aromatic carbocycles. The third-order valence-electron chi connectivity index (χ3n) is 5.57. The summed E-state index contributed by atoms with van der Waals surface area (Å²) in [5.74, 6) is 0.335. The van der Waals surface area contributed by atoms with Crippen LogP contribution in [0, 0.1) is 12.8 Å². The normalized spacial score (nSPS) is 20.8. The zero-order valence-corrected chi connectivity index (χ0v) is 17.2. The van der Waals surface area contributed by atoms with Gasteiger partial charge in [-0.3, -0.25) is 4.79 Å². The Morgan fingerprint density at radius 3 is 2.50 bits per heavy atom. The molecule has 4 heteroatoms. The van der Waals surface area contributed by atoms with E-state index in [1.807, 2.05) is 6.92 Å². The zero-order chi connectivity index (χ0) is 18.1. The first-order chi connectivity index (χ1) is 11.1. The van der Waals surface area contributed by atoms with E-state index in [1.54, 1.807) is 0 Å². The number of carbonyl (C=O) groups excluding carboxylic acids is 1. The minimum absolute atomic E-state index is 0.0505. The largest absolute Gasteiger partial charge is 0.466 e. The summed E-state index contributed by atoms with van der Waals surface area (Å²) in [5, 5.41) is 0.224. The van der Waals surface area contributed by atoms with Crippen LogP contribution in [-0.2, 0) is 20.6 Å². The fourth-order valence-corrected chi connectivity index (χ4v) is 3.61. The highest BCUT2D eigenvalue weighted by atomic mass is 28.4. The van der Waals surface area contributed by atoms with Gasteiger partial charge in [0.25, 0.3) is 0 Å². The molecule has 0 aromatic heterocycles. The van der Waals surface area contributed by atoms with Crippen molar-refractivity contribution in [2.24, 2.45) is 5.92 Å². The van der Waals surface area contributed by atoms with E-state index in [-0.39, 0.29) is 16.9 Å². The lowest BCUT2D eigenvalue weighted by Gasteiger charge is -2.36. The van der Waals surface area contributed by atoms with Crippen LogP contribution in [-0.4, -0.2) is 20.9 Å². The molecular formula is C20H32O3Si. The van der Waals surface area contributed by atoms with Crippen LogP contribution in [0.1, 0.15) is 56.7 Å². The van der Waals surface area contributed by atoms with Crippen LogP contribution in [0.25, 0.3) is 0 Å². The molecule has 0 radical (unpaired) electrons. The number of rotatable bonds is 6. The molecule has 134 valence electrons. The number of carbonyl (C=O) groups is 1. The van der Waals surface area contributed by atoms with Crippen molar-refractivity contribution in [1.82, 2.24) is 0 Å². The number of hydrogen-bond donors (Lipinski definition) is 0. The molecule has 2 unspecified atom stereocenters. The van der Waals surface area contributed by atoms with Crippen molar-refractivity contribution in [3.05, 3.63) is 34.9 Å². The average molecular weight is 349 g/mol. The van der Waals surface area contributed by atoms with Gasteiger partial charge in [0.1, 0.15) is 0 Å². The van der Waals surface area contributed by atoms with Crippen molar-refractivity contribution in [2.75, 3.05) is 6.61 Å². The highest BCUT2D eigenvalue weighted by molar-refractivity contribution is 6.74. The van der Waals surface area contributed by atoms with E-state index >= 15 is 0 Å². The van der Waals surface area contributed by atoms with Gasteiger partial charge in [-0.25, -0.2) is 0 Å². The first-order valence-corrected chi connectivity index (χ1v) is 11.9. The predicted octanol–water partition coefficient (Wildman–Crippen LogP) is 5.18. The fourth-order valence-electron chi connectivity index (χ4n) is 2.66. The number of hydrogen-bond acceptors (Lipinski definition) is 3. The van der Waals surface area contributed by atoms with Crippen molar-refractivity contribution < 1.29 is 14.0 Å². The molecule has 0 aliphatic heterocycles. The van der Waals surface area contributed by atoms with E-state index in [0.29, 0.717) is 19.1 Å². The second kappa shape index (κ2) is 7.01. The van der Waals surface area contributed by atoms with Crippen LogP contribution < -0.4 is 0 Å². The Balaban J connectivity index is 2.00. The topological polar surface area (TPSA) is 35.5 Å². The van der Waals surface area contributed by atoms with Gasteiger partial charge in [0.2, 0.25) is 0 Å². The molecule has 3 nitrogen and oxygen atoms in total. The quantitative estimate of drug-likeness (QED) is 0.524. The maximum Gasteiger partial charge on any atom is 0.309 e. The van der Waals surface area contributed by atoms with Gasteiger partial charge in [-0.1, -0.05) is 39.0 Å². The smallest absolute Gasteiger partial charge is 0.309 e. The summed E-state index contributed by atoms with van der Waals surface area (Å²) in [6, 6.07) is 6.54. The minimum atomic E-state index is -1.73. The third-order valence-corrected chi connectivity index (χ3v) is 10.0. The summed E-state index contributed by atoms with van der Waals surface area (Å²) in [7, 11) is -1.73. The molecule has 2 atom stereocenters. The third kappa shape index (κ3) is 4.28. The van der Waals surface area contributed by atoms with Crippen LogP contribution >= 0.6 is 0 Å². The molecule has 1 aliphatic carbocycles. The van der Waals surface area contributed by atoms with Gasteiger partial charge in [0.05, 0.1) is 19.1 Å². The summed E-state index contributed by atoms with van der Waals surface area (Å²) < 4.78 is 11.5. The highest BCUT2D eigenvalue weighted by Gasteiger charge is 2.45. The van der Waals surface area contributed by atoms with Crippen molar-refractivity contribution in [3.63, 3.8) is 0 Å². The van der Waals surface area contributed by atoms with Crippen LogP contribution in [0.2, 0.25) is 18.1 Å². The Morgan fingerprint density at radius 2 is 1.96 bits per heavy atom. The first kappa shape index (κ1) is 19.2. The van der Waals surface area contributed by atoms with E-state index in [1.165, 1.54) is 16.7 Å². The SMILES string of the molecule is CCOC(=O)C1CC1c1ccc(CO[Si](C)(C)C(C)(C)C)c(C)c1. The van der Waals surface area contributed by atoms with E-state index in [2.05, 4.69) is 59.0 Å². The molecule has 24 heavy (non-hydrogen) atoms. The van der Waals surface area contributed by atoms with Crippen molar-refractivity contribution in [3.8, 4) is 0 Å². The molecule has 0 heterocycles. The van der Waals surface area contributed by atoms with Gasteiger partial charge in [-0.15, -0.1) is 0 Å². The molecule has 1 aromatic rings. The molecule has 0 bridgehead atoms. The number of aryl methyl sites for hydroxylation is 1. The Labute approximate surface area is 147 Å². The number of ether oxygens (including phenoxy) is 1. The molecule has 0 amide bonds. The average Bonchev–Trinajstić information content (AvgIpc) is 3.25. The van der Waals surface area contributed by atoms with Crippen LogP contribution in [0.5, 0.6) is 0 Å². The fraction of sp³-hybridized carbons (Fsp3) is 0.650. The van der Waals surface area contributed by atoms with E-state index in [9.17, 15) is 4.79 Å². The number of benzene rings is 1. The predicted molar refractivity (Wildman–Crippen MR) is 101 cm³/mol. The Bertz CT molecular complexity index is 601. The second-order valence-electron chi connectivity index (χ2n) is 8.44. The number of esters is 1. The first-order valence-electron chi connectivity index (χ1n) is 8.97. The summed E-state index contributed by atoms with van der Waals surface area (Å²) in [4.78, 5) is 11.8. The second-order valence-corrected chi connectivity index (χ2v) is 13.2. The van der Waals surface area contributed by atoms with E-state index in [0.717, 1.165) is 6.42 Å². The molecular weight excluding hydrogens is 316 g/mol. The van der Waals surface area contributed by atoms with E-state index < -0.39 is 8.32 Å². The molecule has 1 aliphatic rings. The van der Waals surface area contributed by atoms with Crippen molar-refractivity contribution in [2.45, 2.75) is 71.7 Å². The summed E-state index contributed by atoms with van der Waals surface area (Å²) >= 11 is 0. The Hall–Kier alpha value is -1.13. The Kier molecular flexibility index (Phi) is 5.60. The van der Waals surface area contributed by atoms with Gasteiger partial charge in [0.15, 0.2) is 8.32 Å². The van der Waals surface area contributed by atoms with Gasteiger partial charge in [0, 0.05) is 0 Å². The summed E-state index contributed by atoms with van der Waals surface area (Å²) in [6.45, 7) is 16.5. The van der Waals surface area contributed by atoms with Gasteiger partial charge in [-0.05, 0) is 61.0 Å². The highest BCUT2D eigenvalue weighted by Crippen LogP contribution is 2.48. The van der Waals surface area contributed by atoms with Crippen LogP contribution in [0.4, 0.5) is 0 Å². The molecule has 0 spiro atoms. The lowest BCUT2D eigenvalue weighted by atomic mass is 10.0. The summed E-state index contributed by atoms with van der Waals surface area (Å²) in [6.07, 6.45) is 0.915. The molecule has 0 saturated heterocycles. The van der Waals surface area contributed by atoms with Gasteiger partial charge >= 0.3 is 5.97 Å². The molecule has 0 N–H and O–H groups in total. The van der Waals surface area contributed by atoms with Crippen molar-refractivity contribution in [1.29, 1.82) is 0 Å². The lowest BCUT2D eigenvalue weighted by Crippen LogP contribution is -2.40. The van der Waals surface area contributed by atoms with Gasteiger partial charge < -0.3 is 9.16 Å². The summed E-state index contributed by atoms with van der Waals surface area (Å²) in [5.41, 5.74) is 3.75. The zero-order valence-electron chi connectivity index (χ0n) is 16.2. The minimum Gasteiger partial charge on any atom is -0.466 e. The molecule has 1 saturated carbocycles. The van der Waals surface area contributed by atoms with E-state index in [4.69, 9.17) is 9.16 Å². The van der Waals surface area contributed by atoms with Crippen molar-refractivity contribution >= 4 is 14.3 Å². The van der Waals surface area contributed by atoms with Crippen LogP contribution in [0.15, 0.2) is 18.2 Å². The maximum absolute atomic E-state index is 11.8. The molecule has 1 fully saturated rings.